The molecule has 0 radical (unpaired) electrons. The summed E-state index contributed by atoms with van der Waals surface area (Å²) in [5.74, 6) is 0.554. The Balaban J connectivity index is 2.08. The molecule has 0 saturated carbocycles. The molecule has 2 rings (SSSR count). The Hall–Kier alpha value is -2.34. The number of rotatable bonds is 9. The lowest BCUT2D eigenvalue weighted by atomic mass is 10.0. The van der Waals surface area contributed by atoms with E-state index in [2.05, 4.69) is 18.6 Å². The lowest BCUT2D eigenvalue weighted by Gasteiger charge is -2.18. The topological polar surface area (TPSA) is 66.5 Å². The van der Waals surface area contributed by atoms with Crippen molar-refractivity contribution in [3.63, 3.8) is 0 Å². The maximum atomic E-state index is 12.6. The highest BCUT2D eigenvalue weighted by Gasteiger charge is 2.16. The number of aryl methyl sites for hydroxylation is 1. The van der Waals surface area contributed by atoms with Gasteiger partial charge < -0.3 is 4.90 Å². The molecule has 0 atom stereocenters. The summed E-state index contributed by atoms with van der Waals surface area (Å²) >= 11 is 0. The fourth-order valence-corrected chi connectivity index (χ4v) is 3.94. The Morgan fingerprint density at radius 2 is 1.54 bits per heavy atom. The van der Waals surface area contributed by atoms with Crippen molar-refractivity contribution in [3.05, 3.63) is 59.7 Å². The molecule has 0 aliphatic heterocycles. The number of carbonyl (C=O) groups excluding carboxylic acids is 1. The fraction of sp³-hybridized carbons (Fsp3) is 0.409. The largest absolute Gasteiger partial charge is 0.339 e. The first kappa shape index (κ1) is 22.0. The van der Waals surface area contributed by atoms with Crippen molar-refractivity contribution in [1.29, 1.82) is 0 Å². The number of carbonyl (C=O) groups is 1. The average Bonchev–Trinajstić information content (AvgIpc) is 2.68. The van der Waals surface area contributed by atoms with Crippen LogP contribution in [0.15, 0.2) is 53.4 Å². The van der Waals surface area contributed by atoms with E-state index in [1.807, 2.05) is 26.0 Å². The zero-order valence-electron chi connectivity index (χ0n) is 17.1. The minimum Gasteiger partial charge on any atom is -0.339 e. The number of nitrogens with zero attached hydrogens (tertiary/aromatic N) is 1. The second kappa shape index (κ2) is 9.73. The summed E-state index contributed by atoms with van der Waals surface area (Å²) in [6.07, 6.45) is 2.01. The zero-order chi connectivity index (χ0) is 20.7. The molecule has 0 saturated heterocycles. The van der Waals surface area contributed by atoms with Crippen molar-refractivity contribution in [2.75, 3.05) is 17.8 Å². The first-order valence-electron chi connectivity index (χ1n) is 9.78. The molecule has 0 spiro atoms. The molecule has 2 aromatic rings. The van der Waals surface area contributed by atoms with E-state index < -0.39 is 10.0 Å². The second-order valence-corrected chi connectivity index (χ2v) is 8.92. The van der Waals surface area contributed by atoms with Crippen LogP contribution in [0.2, 0.25) is 0 Å². The molecule has 0 aromatic heterocycles. The maximum Gasteiger partial charge on any atom is 0.261 e. The third-order valence-electron chi connectivity index (χ3n) is 4.68. The molecule has 152 valence electrons. The lowest BCUT2D eigenvalue weighted by Crippen LogP contribution is -2.30. The summed E-state index contributed by atoms with van der Waals surface area (Å²) in [5, 5.41) is 0. The first-order valence-corrected chi connectivity index (χ1v) is 11.3. The summed E-state index contributed by atoms with van der Waals surface area (Å²) in [7, 11) is -3.67. The van der Waals surface area contributed by atoms with Gasteiger partial charge in [-0.3, -0.25) is 9.52 Å². The third-order valence-corrected chi connectivity index (χ3v) is 6.08. The monoisotopic (exact) mass is 402 g/mol. The van der Waals surface area contributed by atoms with E-state index >= 15 is 0 Å². The quantitative estimate of drug-likeness (QED) is 0.669. The summed E-state index contributed by atoms with van der Waals surface area (Å²) in [6.45, 7) is 9.47. The minimum atomic E-state index is -3.67. The Labute approximate surface area is 168 Å². The molecule has 0 unspecified atom stereocenters. The normalized spacial score (nSPS) is 11.5. The van der Waals surface area contributed by atoms with Gasteiger partial charge in [0.15, 0.2) is 0 Å². The molecule has 0 bridgehead atoms. The second-order valence-electron chi connectivity index (χ2n) is 7.24. The van der Waals surface area contributed by atoms with Crippen LogP contribution in [0.1, 0.15) is 50.0 Å². The van der Waals surface area contributed by atoms with Gasteiger partial charge in [0, 0.05) is 24.3 Å². The molecule has 2 aromatic carbocycles. The Bertz CT molecular complexity index is 869. The van der Waals surface area contributed by atoms with Crippen LogP contribution in [0.25, 0.3) is 0 Å². The van der Waals surface area contributed by atoms with Gasteiger partial charge in [-0.2, -0.15) is 0 Å². The van der Waals surface area contributed by atoms with Gasteiger partial charge in [0.05, 0.1) is 4.90 Å². The van der Waals surface area contributed by atoms with Gasteiger partial charge in [0.1, 0.15) is 0 Å². The molecule has 5 nitrogen and oxygen atoms in total. The van der Waals surface area contributed by atoms with E-state index in [0.29, 0.717) is 30.3 Å². The fourth-order valence-electron chi connectivity index (χ4n) is 2.88. The average molecular weight is 403 g/mol. The van der Waals surface area contributed by atoms with E-state index in [-0.39, 0.29) is 10.8 Å². The van der Waals surface area contributed by atoms with Gasteiger partial charge in [0.2, 0.25) is 0 Å². The molecule has 0 heterocycles. The number of amides is 1. The standard InChI is InChI=1S/C22H30N2O3S/c1-5-24(6-2)22(25)19-11-13-20(14-12-19)23-28(26,27)21-15-9-18(10-16-21)8-7-17(3)4/h9-17,23H,5-8H2,1-4H3. The smallest absolute Gasteiger partial charge is 0.261 e. The summed E-state index contributed by atoms with van der Waals surface area (Å²) in [4.78, 5) is 14.3. The van der Waals surface area contributed by atoms with Gasteiger partial charge in [-0.15, -0.1) is 0 Å². The molecule has 6 heteroatoms. The molecule has 0 aliphatic carbocycles. The van der Waals surface area contributed by atoms with Crippen molar-refractivity contribution in [2.45, 2.75) is 45.4 Å². The number of nitrogens with one attached hydrogen (secondary N) is 1. The van der Waals surface area contributed by atoms with E-state index in [1.54, 1.807) is 41.3 Å². The molecular formula is C22H30N2O3S. The van der Waals surface area contributed by atoms with Gasteiger partial charge in [-0.25, -0.2) is 8.42 Å². The molecule has 1 N–H and O–H groups in total. The van der Waals surface area contributed by atoms with Crippen molar-refractivity contribution >= 4 is 21.6 Å². The van der Waals surface area contributed by atoms with Crippen LogP contribution in [0.5, 0.6) is 0 Å². The van der Waals surface area contributed by atoms with Crippen LogP contribution in [-0.2, 0) is 16.4 Å². The van der Waals surface area contributed by atoms with Crippen LogP contribution in [0, 0.1) is 5.92 Å². The van der Waals surface area contributed by atoms with Gasteiger partial charge in [0.25, 0.3) is 15.9 Å². The number of benzene rings is 2. The van der Waals surface area contributed by atoms with Crippen molar-refractivity contribution < 1.29 is 13.2 Å². The third kappa shape index (κ3) is 5.83. The number of hydrogen-bond acceptors (Lipinski definition) is 3. The SMILES string of the molecule is CCN(CC)C(=O)c1ccc(NS(=O)(=O)c2ccc(CCC(C)C)cc2)cc1. The molecule has 1 amide bonds. The zero-order valence-corrected chi connectivity index (χ0v) is 17.9. The van der Waals surface area contributed by atoms with Crippen molar-refractivity contribution in [1.82, 2.24) is 4.90 Å². The highest BCUT2D eigenvalue weighted by atomic mass is 32.2. The number of hydrogen-bond donors (Lipinski definition) is 1. The van der Waals surface area contributed by atoms with Crippen LogP contribution in [0.3, 0.4) is 0 Å². The number of anilines is 1. The van der Waals surface area contributed by atoms with Crippen LogP contribution >= 0.6 is 0 Å². The Kier molecular flexibility index (Phi) is 7.63. The van der Waals surface area contributed by atoms with E-state index in [1.165, 1.54) is 0 Å². The van der Waals surface area contributed by atoms with Crippen LogP contribution in [0.4, 0.5) is 5.69 Å². The van der Waals surface area contributed by atoms with Crippen LogP contribution < -0.4 is 4.72 Å². The number of sulfonamides is 1. The molecule has 28 heavy (non-hydrogen) atoms. The van der Waals surface area contributed by atoms with Crippen molar-refractivity contribution in [2.24, 2.45) is 5.92 Å². The van der Waals surface area contributed by atoms with Crippen LogP contribution in [-0.4, -0.2) is 32.3 Å². The summed E-state index contributed by atoms with van der Waals surface area (Å²) < 4.78 is 27.8. The van der Waals surface area contributed by atoms with Gasteiger partial charge in [-0.05, 0) is 74.6 Å². The summed E-state index contributed by atoms with van der Waals surface area (Å²) in [5.41, 5.74) is 2.10. The first-order chi connectivity index (χ1) is 13.3. The Morgan fingerprint density at radius 3 is 2.04 bits per heavy atom. The van der Waals surface area contributed by atoms with E-state index in [4.69, 9.17) is 0 Å². The minimum absolute atomic E-state index is 0.0589. The lowest BCUT2D eigenvalue weighted by molar-refractivity contribution is 0.0773. The predicted octanol–water partition coefficient (Wildman–Crippen LogP) is 4.56. The molecule has 0 fully saturated rings. The molecule has 0 aliphatic rings. The Morgan fingerprint density at radius 1 is 0.964 bits per heavy atom. The maximum absolute atomic E-state index is 12.6. The van der Waals surface area contributed by atoms with Gasteiger partial charge >= 0.3 is 0 Å². The highest BCUT2D eigenvalue weighted by molar-refractivity contribution is 7.92. The van der Waals surface area contributed by atoms with Gasteiger partial charge in [-0.1, -0.05) is 26.0 Å². The molecular weight excluding hydrogens is 372 g/mol. The van der Waals surface area contributed by atoms with Crippen molar-refractivity contribution in [3.8, 4) is 0 Å². The van der Waals surface area contributed by atoms with E-state index in [0.717, 1.165) is 18.4 Å². The van der Waals surface area contributed by atoms with E-state index in [9.17, 15) is 13.2 Å². The highest BCUT2D eigenvalue weighted by Crippen LogP contribution is 2.19. The summed E-state index contributed by atoms with van der Waals surface area (Å²) in [6, 6.07) is 13.5. The predicted molar refractivity (Wildman–Crippen MR) is 114 cm³/mol.